The second-order valence-electron chi connectivity index (χ2n) is 15.3. The molecule has 0 atom stereocenters. The molecule has 2 nitrogen and oxygen atoms in total. The molecule has 0 unspecified atom stereocenters. The van der Waals surface area contributed by atoms with Gasteiger partial charge in [-0.15, -0.1) is 22.7 Å². The fraction of sp³-hybridized carbons (Fsp3) is 0.316. The summed E-state index contributed by atoms with van der Waals surface area (Å²) in [5.41, 5.74) is 0. The number of rotatable bonds is 4. The lowest BCUT2D eigenvalue weighted by atomic mass is 9.97. The third-order valence-electron chi connectivity index (χ3n) is 10.3. The zero-order valence-corrected chi connectivity index (χ0v) is 31.2. The van der Waals surface area contributed by atoms with Gasteiger partial charge >= 0.3 is 0 Å². The molecule has 0 fully saturated rings. The zero-order chi connectivity index (χ0) is 31.4. The monoisotopic (exact) mass is 650 g/mol. The van der Waals surface area contributed by atoms with Gasteiger partial charge in [0, 0.05) is 51.1 Å². The van der Waals surface area contributed by atoms with Gasteiger partial charge in [-0.05, 0) is 83.4 Å². The number of hydrogen-bond acceptors (Lipinski definition) is 4. The van der Waals surface area contributed by atoms with Crippen molar-refractivity contribution >= 4 is 101 Å². The van der Waals surface area contributed by atoms with Gasteiger partial charge in [-0.1, -0.05) is 77.9 Å². The minimum Gasteiger partial charge on any atom is -0.543 e. The molecule has 0 aliphatic carbocycles. The normalized spacial score (nSPS) is 13.7. The zero-order valence-electron chi connectivity index (χ0n) is 27.6. The van der Waals surface area contributed by atoms with E-state index in [2.05, 4.69) is 141 Å². The maximum atomic E-state index is 7.09. The lowest BCUT2D eigenvalue weighted by Gasteiger charge is -2.37. The van der Waals surface area contributed by atoms with E-state index in [9.17, 15) is 0 Å². The first-order valence-corrected chi connectivity index (χ1v) is 23.1. The Bertz CT molecular complexity index is 2100. The van der Waals surface area contributed by atoms with Crippen LogP contribution in [0.15, 0.2) is 72.8 Å². The average molecular weight is 651 g/mol. The summed E-state index contributed by atoms with van der Waals surface area (Å²) in [7, 11) is -4.14. The van der Waals surface area contributed by atoms with Crippen LogP contribution in [0.25, 0.3) is 61.9 Å². The Kier molecular flexibility index (Phi) is 6.63. The van der Waals surface area contributed by atoms with Gasteiger partial charge in [-0.2, -0.15) is 0 Å². The molecule has 44 heavy (non-hydrogen) atoms. The van der Waals surface area contributed by atoms with E-state index >= 15 is 0 Å². The Morgan fingerprint density at radius 2 is 0.750 bits per heavy atom. The van der Waals surface area contributed by atoms with Gasteiger partial charge in [0.05, 0.1) is 0 Å². The van der Waals surface area contributed by atoms with Crippen molar-refractivity contribution in [1.29, 1.82) is 0 Å². The Morgan fingerprint density at radius 1 is 0.432 bits per heavy atom. The lowest BCUT2D eigenvalue weighted by Crippen LogP contribution is -2.43. The summed E-state index contributed by atoms with van der Waals surface area (Å²) in [5.74, 6) is 2.03. The molecule has 7 aromatic rings. The summed E-state index contributed by atoms with van der Waals surface area (Å²) in [6.07, 6.45) is 0. The van der Waals surface area contributed by atoms with Crippen molar-refractivity contribution in [1.82, 2.24) is 0 Å². The first kappa shape index (κ1) is 29.8. The summed E-state index contributed by atoms with van der Waals surface area (Å²) in [6, 6.07) is 27.0. The van der Waals surface area contributed by atoms with Crippen LogP contribution >= 0.6 is 22.7 Å². The van der Waals surface area contributed by atoms with Gasteiger partial charge in [0.1, 0.15) is 11.5 Å². The average Bonchev–Trinajstić information content (AvgIpc) is 3.49. The van der Waals surface area contributed by atoms with Gasteiger partial charge in [0.15, 0.2) is 0 Å². The molecule has 0 bridgehead atoms. The molecule has 5 aromatic carbocycles. The highest BCUT2D eigenvalue weighted by Gasteiger charge is 2.40. The first-order valence-electron chi connectivity index (χ1n) is 15.6. The van der Waals surface area contributed by atoms with Crippen molar-refractivity contribution in [3.63, 3.8) is 0 Å². The summed E-state index contributed by atoms with van der Waals surface area (Å²) in [6.45, 7) is 23.3. The van der Waals surface area contributed by atoms with Gasteiger partial charge in [0.25, 0.3) is 16.6 Å². The molecule has 0 saturated carbocycles. The van der Waals surface area contributed by atoms with Crippen LogP contribution in [-0.4, -0.2) is 16.6 Å². The minimum atomic E-state index is -2.07. The number of thiophene rings is 2. The van der Waals surface area contributed by atoms with Crippen molar-refractivity contribution in [2.45, 2.75) is 77.8 Å². The molecule has 0 saturated heterocycles. The summed E-state index contributed by atoms with van der Waals surface area (Å²) in [5, 5.41) is 10.5. The molecular weight excluding hydrogens is 609 g/mol. The molecule has 0 aliphatic heterocycles. The minimum absolute atomic E-state index is 0.107. The molecule has 7 rings (SSSR count). The van der Waals surface area contributed by atoms with Crippen LogP contribution in [0.1, 0.15) is 41.5 Å². The molecular formula is C38H42O2S2Si2. The van der Waals surface area contributed by atoms with E-state index in [4.69, 9.17) is 8.85 Å². The van der Waals surface area contributed by atoms with Crippen molar-refractivity contribution in [3.8, 4) is 11.5 Å². The molecule has 2 heterocycles. The maximum absolute atomic E-state index is 7.09. The van der Waals surface area contributed by atoms with Crippen LogP contribution in [0, 0.1) is 0 Å². The predicted octanol–water partition coefficient (Wildman–Crippen LogP) is 13.5. The van der Waals surface area contributed by atoms with E-state index in [-0.39, 0.29) is 10.1 Å². The SMILES string of the molecule is CC(C)(C)[Si](C)(C)Oc1cccc2ccc3sc4ccc5sc6ccc7cccc(O[Si](C)(C)C(C)(C)C)c7c6c5c4c3c12. The summed E-state index contributed by atoms with van der Waals surface area (Å²) in [4.78, 5) is 0. The number of benzene rings is 5. The smallest absolute Gasteiger partial charge is 0.250 e. The molecule has 0 radical (unpaired) electrons. The molecule has 6 heteroatoms. The molecule has 226 valence electrons. The van der Waals surface area contributed by atoms with Crippen molar-refractivity contribution < 1.29 is 8.85 Å². The topological polar surface area (TPSA) is 18.5 Å². The van der Waals surface area contributed by atoms with Crippen LogP contribution in [-0.2, 0) is 0 Å². The van der Waals surface area contributed by atoms with Crippen molar-refractivity contribution in [2.75, 3.05) is 0 Å². The second-order valence-corrected chi connectivity index (χ2v) is 26.9. The van der Waals surface area contributed by atoms with E-state index < -0.39 is 16.6 Å². The van der Waals surface area contributed by atoms with E-state index in [1.807, 2.05) is 22.7 Å². The molecule has 0 amide bonds. The van der Waals surface area contributed by atoms with E-state index in [0.29, 0.717) is 0 Å². The molecule has 0 spiro atoms. The van der Waals surface area contributed by atoms with Gasteiger partial charge < -0.3 is 8.85 Å². The van der Waals surface area contributed by atoms with Crippen LogP contribution < -0.4 is 8.85 Å². The van der Waals surface area contributed by atoms with Gasteiger partial charge in [-0.3, -0.25) is 0 Å². The quantitative estimate of drug-likeness (QED) is 0.176. The van der Waals surface area contributed by atoms with Crippen LogP contribution in [0.4, 0.5) is 0 Å². The molecule has 0 aliphatic rings. The Hall–Kier alpha value is -2.91. The number of hydrogen-bond donors (Lipinski definition) is 0. The predicted molar refractivity (Wildman–Crippen MR) is 203 cm³/mol. The number of fused-ring (bicyclic) bond motifs is 11. The van der Waals surface area contributed by atoms with Crippen LogP contribution in [0.3, 0.4) is 0 Å². The second kappa shape index (κ2) is 9.80. The van der Waals surface area contributed by atoms with E-state index in [1.54, 1.807) is 0 Å². The highest BCUT2D eigenvalue weighted by Crippen LogP contribution is 2.51. The largest absolute Gasteiger partial charge is 0.543 e. The third kappa shape index (κ3) is 4.51. The first-order chi connectivity index (χ1) is 20.6. The van der Waals surface area contributed by atoms with Crippen molar-refractivity contribution in [2.24, 2.45) is 0 Å². The van der Waals surface area contributed by atoms with Crippen LogP contribution in [0.5, 0.6) is 11.5 Å². The van der Waals surface area contributed by atoms with Crippen LogP contribution in [0.2, 0.25) is 36.3 Å². The Labute approximate surface area is 270 Å². The van der Waals surface area contributed by atoms with Gasteiger partial charge in [0.2, 0.25) is 0 Å². The van der Waals surface area contributed by atoms with Gasteiger partial charge in [-0.25, -0.2) is 0 Å². The fourth-order valence-electron chi connectivity index (χ4n) is 5.81. The van der Waals surface area contributed by atoms with Crippen molar-refractivity contribution in [3.05, 3.63) is 72.8 Å². The van der Waals surface area contributed by atoms with E-state index in [1.165, 1.54) is 61.9 Å². The van der Waals surface area contributed by atoms with E-state index in [0.717, 1.165) is 11.5 Å². The molecule has 0 N–H and O–H groups in total. The molecule has 2 aromatic heterocycles. The highest BCUT2D eigenvalue weighted by atomic mass is 32.1. The lowest BCUT2D eigenvalue weighted by molar-refractivity contribution is 0.496. The Balaban J connectivity index is 1.63. The summed E-state index contributed by atoms with van der Waals surface area (Å²) >= 11 is 3.79. The third-order valence-corrected chi connectivity index (χ3v) is 21.3. The maximum Gasteiger partial charge on any atom is 0.250 e. The fourth-order valence-corrected chi connectivity index (χ4v) is 10.1. The highest BCUT2D eigenvalue weighted by molar-refractivity contribution is 7.28. The summed E-state index contributed by atoms with van der Waals surface area (Å²) < 4.78 is 19.4. The Morgan fingerprint density at radius 3 is 1.09 bits per heavy atom. The standard InChI is InChI=1S/C38H42O2S2Si2/c1-37(2,3)43(7,8)39-25-15-11-13-23-17-19-27-33(31(23)25)35-29(41-27)21-22-30-36(35)34-28(42-30)20-18-24-14-12-16-26(32(24)34)40-44(9,10)38(4,5)6/h11-22H,1-10H3.